The minimum atomic E-state index is -0.578. The maximum Gasteiger partial charge on any atom is 0.255 e. The monoisotopic (exact) mass is 356 g/mol. The van der Waals surface area contributed by atoms with E-state index in [0.717, 1.165) is 11.1 Å². The maximum absolute atomic E-state index is 12.9. The maximum atomic E-state index is 12.9. The number of benzene rings is 2. The first-order valence-electron chi connectivity index (χ1n) is 8.39. The number of halogens is 1. The number of amides is 2. The van der Waals surface area contributed by atoms with Crippen LogP contribution >= 0.6 is 11.6 Å². The lowest BCUT2D eigenvalue weighted by molar-refractivity contribution is -0.125. The Bertz CT molecular complexity index is 804. The summed E-state index contributed by atoms with van der Waals surface area (Å²) in [4.78, 5) is 27.2. The van der Waals surface area contributed by atoms with E-state index in [1.165, 1.54) is 0 Å². The Morgan fingerprint density at radius 1 is 1.20 bits per heavy atom. The van der Waals surface area contributed by atoms with Crippen molar-refractivity contribution >= 4 is 23.4 Å². The third kappa shape index (κ3) is 3.69. The van der Waals surface area contributed by atoms with Gasteiger partial charge >= 0.3 is 0 Å². The molecular formula is C20H21ClN2O2. The van der Waals surface area contributed by atoms with E-state index in [9.17, 15) is 9.59 Å². The first kappa shape index (κ1) is 17.5. The molecule has 1 atom stereocenters. The molecule has 0 spiro atoms. The predicted molar refractivity (Wildman–Crippen MR) is 98.4 cm³/mol. The smallest absolute Gasteiger partial charge is 0.255 e. The normalized spacial score (nSPS) is 16.2. The summed E-state index contributed by atoms with van der Waals surface area (Å²) in [6, 6.07) is 14.1. The number of rotatable bonds is 5. The van der Waals surface area contributed by atoms with Crippen LogP contribution in [0.1, 0.15) is 41.4 Å². The highest BCUT2D eigenvalue weighted by Gasteiger charge is 2.40. The molecule has 0 fully saturated rings. The molecule has 1 N–H and O–H groups in total. The van der Waals surface area contributed by atoms with Crippen molar-refractivity contribution in [3.8, 4) is 0 Å². The number of carbonyl (C=O) groups is 2. The van der Waals surface area contributed by atoms with Gasteiger partial charge in [-0.25, -0.2) is 0 Å². The summed E-state index contributed by atoms with van der Waals surface area (Å²) in [5, 5.41) is 3.58. The van der Waals surface area contributed by atoms with E-state index in [1.54, 1.807) is 17.0 Å². The molecule has 0 saturated heterocycles. The zero-order chi connectivity index (χ0) is 18.0. The van der Waals surface area contributed by atoms with Crippen LogP contribution in [-0.4, -0.2) is 23.3 Å². The van der Waals surface area contributed by atoms with Crippen LogP contribution in [0, 0.1) is 5.92 Å². The van der Waals surface area contributed by atoms with Crippen molar-refractivity contribution in [1.29, 1.82) is 0 Å². The van der Waals surface area contributed by atoms with Crippen molar-refractivity contribution in [2.75, 3.05) is 6.54 Å². The first-order valence-corrected chi connectivity index (χ1v) is 8.77. The SMILES string of the molecule is CC(C)CN1C(=O)c2ccccc2C1C(=O)NCc1cccc(Cl)c1. The average Bonchev–Trinajstić information content (AvgIpc) is 2.85. The number of carbonyl (C=O) groups excluding carboxylic acids is 2. The van der Waals surface area contributed by atoms with E-state index in [1.807, 2.05) is 50.2 Å². The summed E-state index contributed by atoms with van der Waals surface area (Å²) < 4.78 is 0. The number of fused-ring (bicyclic) bond motifs is 1. The lowest BCUT2D eigenvalue weighted by atomic mass is 10.0. The molecule has 130 valence electrons. The Hall–Kier alpha value is -2.33. The number of nitrogens with one attached hydrogen (secondary N) is 1. The van der Waals surface area contributed by atoms with Gasteiger partial charge in [0.2, 0.25) is 5.91 Å². The zero-order valence-corrected chi connectivity index (χ0v) is 15.1. The Balaban J connectivity index is 1.81. The average molecular weight is 357 g/mol. The fourth-order valence-electron chi connectivity index (χ4n) is 3.17. The number of hydrogen-bond donors (Lipinski definition) is 1. The minimum absolute atomic E-state index is 0.0767. The Kier molecular flexibility index (Phi) is 5.09. The topological polar surface area (TPSA) is 49.4 Å². The second kappa shape index (κ2) is 7.28. The van der Waals surface area contributed by atoms with E-state index >= 15 is 0 Å². The molecule has 3 rings (SSSR count). The van der Waals surface area contributed by atoms with E-state index in [4.69, 9.17) is 11.6 Å². The third-order valence-electron chi connectivity index (χ3n) is 4.22. The highest BCUT2D eigenvalue weighted by Crippen LogP contribution is 2.34. The van der Waals surface area contributed by atoms with Crippen LogP contribution in [-0.2, 0) is 11.3 Å². The van der Waals surface area contributed by atoms with E-state index in [-0.39, 0.29) is 17.7 Å². The summed E-state index contributed by atoms with van der Waals surface area (Å²) in [5.41, 5.74) is 2.32. The third-order valence-corrected chi connectivity index (χ3v) is 4.46. The van der Waals surface area contributed by atoms with E-state index in [0.29, 0.717) is 23.7 Å². The summed E-state index contributed by atoms with van der Waals surface area (Å²) in [5.74, 6) is 0.0348. The molecule has 25 heavy (non-hydrogen) atoms. The fourth-order valence-corrected chi connectivity index (χ4v) is 3.38. The van der Waals surface area contributed by atoms with Crippen LogP contribution < -0.4 is 5.32 Å². The molecule has 1 aliphatic heterocycles. The molecule has 4 nitrogen and oxygen atoms in total. The van der Waals surface area contributed by atoms with Crippen LogP contribution in [0.3, 0.4) is 0 Å². The van der Waals surface area contributed by atoms with Crippen LogP contribution in [0.25, 0.3) is 0 Å². The van der Waals surface area contributed by atoms with Gasteiger partial charge in [0.05, 0.1) is 0 Å². The van der Waals surface area contributed by atoms with Gasteiger partial charge in [0.25, 0.3) is 5.91 Å². The molecule has 1 unspecified atom stereocenters. The highest BCUT2D eigenvalue weighted by molar-refractivity contribution is 6.30. The molecule has 2 aromatic carbocycles. The Morgan fingerprint density at radius 3 is 2.68 bits per heavy atom. The lowest BCUT2D eigenvalue weighted by Crippen LogP contribution is -2.40. The van der Waals surface area contributed by atoms with Crippen molar-refractivity contribution in [3.63, 3.8) is 0 Å². The van der Waals surface area contributed by atoms with Gasteiger partial charge in [-0.1, -0.05) is 55.8 Å². The fraction of sp³-hybridized carbons (Fsp3) is 0.300. The van der Waals surface area contributed by atoms with Crippen LogP contribution in [0.4, 0.5) is 0 Å². The molecule has 2 amide bonds. The van der Waals surface area contributed by atoms with Gasteiger partial charge in [0.1, 0.15) is 6.04 Å². The van der Waals surface area contributed by atoms with Crippen LogP contribution in [0.15, 0.2) is 48.5 Å². The van der Waals surface area contributed by atoms with Gasteiger partial charge in [-0.2, -0.15) is 0 Å². The summed E-state index contributed by atoms with van der Waals surface area (Å²) in [7, 11) is 0. The second-order valence-corrected chi connectivity index (χ2v) is 7.13. The molecular weight excluding hydrogens is 336 g/mol. The van der Waals surface area contributed by atoms with E-state index in [2.05, 4.69) is 5.32 Å². The van der Waals surface area contributed by atoms with Crippen molar-refractivity contribution in [2.24, 2.45) is 5.92 Å². The quantitative estimate of drug-likeness (QED) is 0.885. The van der Waals surface area contributed by atoms with Crippen molar-refractivity contribution in [1.82, 2.24) is 10.2 Å². The standard InChI is InChI=1S/C20H21ClN2O2/c1-13(2)12-23-18(16-8-3-4-9-17(16)20(23)25)19(24)22-11-14-6-5-7-15(21)10-14/h3-10,13,18H,11-12H2,1-2H3,(H,22,24). The van der Waals surface area contributed by atoms with Crippen molar-refractivity contribution < 1.29 is 9.59 Å². The lowest BCUT2D eigenvalue weighted by Gasteiger charge is -2.26. The van der Waals surface area contributed by atoms with Crippen LogP contribution in [0.2, 0.25) is 5.02 Å². The molecule has 0 aliphatic carbocycles. The van der Waals surface area contributed by atoms with Gasteiger partial charge in [0.15, 0.2) is 0 Å². The van der Waals surface area contributed by atoms with E-state index < -0.39 is 6.04 Å². The number of nitrogens with zero attached hydrogens (tertiary/aromatic N) is 1. The summed E-state index contributed by atoms with van der Waals surface area (Å²) in [6.07, 6.45) is 0. The number of hydrogen-bond acceptors (Lipinski definition) is 2. The summed E-state index contributed by atoms with van der Waals surface area (Å²) in [6.45, 7) is 5.00. The Labute approximate surface area is 152 Å². The summed E-state index contributed by atoms with van der Waals surface area (Å²) >= 11 is 5.99. The van der Waals surface area contributed by atoms with Gasteiger partial charge in [-0.15, -0.1) is 0 Å². The molecule has 0 bridgehead atoms. The van der Waals surface area contributed by atoms with Gasteiger partial charge in [-0.05, 0) is 35.2 Å². The predicted octanol–water partition coefficient (Wildman–Crippen LogP) is 3.81. The molecule has 5 heteroatoms. The molecule has 0 aromatic heterocycles. The largest absolute Gasteiger partial charge is 0.350 e. The van der Waals surface area contributed by atoms with Gasteiger partial charge in [-0.3, -0.25) is 9.59 Å². The molecule has 1 aliphatic rings. The molecule has 2 aromatic rings. The van der Waals surface area contributed by atoms with Gasteiger partial charge < -0.3 is 10.2 Å². The first-order chi connectivity index (χ1) is 12.0. The highest BCUT2D eigenvalue weighted by atomic mass is 35.5. The zero-order valence-electron chi connectivity index (χ0n) is 14.3. The molecule has 1 heterocycles. The Morgan fingerprint density at radius 2 is 1.96 bits per heavy atom. The molecule has 0 saturated carbocycles. The second-order valence-electron chi connectivity index (χ2n) is 6.69. The molecule has 0 radical (unpaired) electrons. The van der Waals surface area contributed by atoms with Gasteiger partial charge in [0, 0.05) is 23.7 Å². The van der Waals surface area contributed by atoms with Crippen LogP contribution in [0.5, 0.6) is 0 Å². The van der Waals surface area contributed by atoms with Crippen molar-refractivity contribution in [3.05, 3.63) is 70.2 Å². The van der Waals surface area contributed by atoms with Crippen molar-refractivity contribution in [2.45, 2.75) is 26.4 Å². The minimum Gasteiger partial charge on any atom is -0.350 e.